The van der Waals surface area contributed by atoms with Gasteiger partial charge in [-0.05, 0) is 0 Å². The number of rotatable bonds is 8. The smallest absolute Gasteiger partial charge is 0.325 e. The first-order chi connectivity index (χ1) is 20.7. The Balaban J connectivity index is 0.000000250. The van der Waals surface area contributed by atoms with E-state index in [4.69, 9.17) is 33.5 Å². The highest BCUT2D eigenvalue weighted by atomic mass is 16.8. The first-order valence-electron chi connectivity index (χ1n) is 13.1. The minimum Gasteiger partial charge on any atom is -0.468 e. The highest BCUT2D eigenvalue weighted by Crippen LogP contribution is 2.32. The Morgan fingerprint density at radius 3 is 1.70 bits per heavy atom. The Morgan fingerprint density at radius 1 is 0.721 bits per heavy atom. The molecule has 4 rings (SSSR count). The Labute approximate surface area is 246 Å². The molecular weight excluding hydrogens is 580 g/mol. The van der Waals surface area contributed by atoms with Crippen molar-refractivity contribution >= 4 is 23.9 Å². The minimum absolute atomic E-state index is 0.159. The standard InChI is InChI=1S/C17H20O8.C10H16O8/c1-20-14(18)13(15(19)21-2)17-23-9-11-12(25-17)8-22-16(24-11)10-6-4-3-5-7-10;1-15-8(13)7(9(14)16-2)10-17-4-5(12)6(3-11)18-10/h3-7,11-13,16-17H,8-9H2,1-2H3;5-7,10-12H,3-4H2,1-2H3/t11-,12+,16?,17?;5-,6+,10?/m00/s1. The number of benzene rings is 1. The summed E-state index contributed by atoms with van der Waals surface area (Å²) >= 11 is 0. The van der Waals surface area contributed by atoms with E-state index in [0.29, 0.717) is 0 Å². The van der Waals surface area contributed by atoms with Gasteiger partial charge >= 0.3 is 23.9 Å². The maximum atomic E-state index is 11.9. The zero-order valence-corrected chi connectivity index (χ0v) is 24.0. The Bertz CT molecular complexity index is 1030. The summed E-state index contributed by atoms with van der Waals surface area (Å²) in [5.41, 5.74) is 0.894. The van der Waals surface area contributed by atoms with Crippen molar-refractivity contribution in [1.82, 2.24) is 0 Å². The molecule has 1 aromatic carbocycles. The van der Waals surface area contributed by atoms with Crippen LogP contribution in [0.15, 0.2) is 30.3 Å². The second-order valence-corrected chi connectivity index (χ2v) is 9.30. The number of aliphatic hydroxyl groups is 2. The van der Waals surface area contributed by atoms with E-state index in [1.165, 1.54) is 14.2 Å². The number of methoxy groups -OCH3 is 4. The molecule has 7 atom stereocenters. The van der Waals surface area contributed by atoms with Crippen molar-refractivity contribution in [1.29, 1.82) is 0 Å². The van der Waals surface area contributed by atoms with Crippen molar-refractivity contribution in [3.8, 4) is 0 Å². The lowest BCUT2D eigenvalue weighted by Crippen LogP contribution is -2.55. The van der Waals surface area contributed by atoms with Gasteiger partial charge in [-0.1, -0.05) is 30.3 Å². The normalized spacial score (nSPS) is 28.5. The van der Waals surface area contributed by atoms with Crippen LogP contribution in [-0.4, -0.2) is 126 Å². The molecule has 3 unspecified atom stereocenters. The number of hydrogen-bond donors (Lipinski definition) is 2. The van der Waals surface area contributed by atoms with Gasteiger partial charge in [-0.2, -0.15) is 0 Å². The van der Waals surface area contributed by atoms with Gasteiger partial charge in [-0.25, -0.2) is 0 Å². The summed E-state index contributed by atoms with van der Waals surface area (Å²) in [4.78, 5) is 46.7. The van der Waals surface area contributed by atoms with E-state index in [2.05, 4.69) is 18.9 Å². The molecule has 0 bridgehead atoms. The SMILES string of the molecule is COC(=O)C(C(=O)OC)C1OC[C@@H]2OC(c3ccccc3)OC[C@H]2O1.COC(=O)C(C(=O)OC)C1OC[C@H](O)[C@@H](CO)O1. The molecular formula is C27H36O16. The number of esters is 4. The number of fused-ring (bicyclic) bond motifs is 1. The zero-order valence-electron chi connectivity index (χ0n) is 24.0. The first kappa shape index (κ1) is 34.3. The summed E-state index contributed by atoms with van der Waals surface area (Å²) in [6.45, 7) is -0.220. The third-order valence-corrected chi connectivity index (χ3v) is 6.64. The molecule has 0 aliphatic carbocycles. The fourth-order valence-electron chi connectivity index (χ4n) is 4.30. The van der Waals surface area contributed by atoms with E-state index in [-0.39, 0.29) is 25.9 Å². The average molecular weight is 617 g/mol. The molecule has 16 heteroatoms. The van der Waals surface area contributed by atoms with Crippen LogP contribution >= 0.6 is 0 Å². The average Bonchev–Trinajstić information content (AvgIpc) is 3.05. The molecule has 0 amide bonds. The van der Waals surface area contributed by atoms with Crippen LogP contribution in [0.1, 0.15) is 11.9 Å². The van der Waals surface area contributed by atoms with E-state index < -0.39 is 79.5 Å². The Hall–Kier alpha value is -3.22. The molecule has 0 aromatic heterocycles. The first-order valence-corrected chi connectivity index (χ1v) is 13.1. The third kappa shape index (κ3) is 8.67. The van der Waals surface area contributed by atoms with Crippen molar-refractivity contribution in [2.24, 2.45) is 11.8 Å². The van der Waals surface area contributed by atoms with Crippen LogP contribution in [0.4, 0.5) is 0 Å². The molecule has 16 nitrogen and oxygen atoms in total. The molecule has 0 radical (unpaired) electrons. The maximum Gasteiger partial charge on any atom is 0.325 e. The highest BCUT2D eigenvalue weighted by Gasteiger charge is 2.47. The lowest BCUT2D eigenvalue weighted by atomic mass is 10.1. The number of hydrogen-bond acceptors (Lipinski definition) is 16. The summed E-state index contributed by atoms with van der Waals surface area (Å²) in [5.74, 6) is -6.05. The van der Waals surface area contributed by atoms with E-state index >= 15 is 0 Å². The molecule has 1 aromatic rings. The number of carbonyl (C=O) groups excluding carboxylic acids is 4. The summed E-state index contributed by atoms with van der Waals surface area (Å²) in [5, 5.41) is 18.4. The monoisotopic (exact) mass is 616 g/mol. The van der Waals surface area contributed by atoms with Gasteiger partial charge in [-0.3, -0.25) is 19.2 Å². The van der Waals surface area contributed by atoms with Gasteiger partial charge in [0.15, 0.2) is 18.9 Å². The quantitative estimate of drug-likeness (QED) is 0.201. The summed E-state index contributed by atoms with van der Waals surface area (Å²) in [6.07, 6.45) is -5.67. The van der Waals surface area contributed by atoms with Gasteiger partial charge < -0.3 is 57.6 Å². The summed E-state index contributed by atoms with van der Waals surface area (Å²) in [6, 6.07) is 9.52. The maximum absolute atomic E-state index is 11.9. The Kier molecular flexibility index (Phi) is 13.2. The largest absolute Gasteiger partial charge is 0.468 e. The van der Waals surface area contributed by atoms with E-state index in [9.17, 15) is 24.3 Å². The molecule has 3 heterocycles. The van der Waals surface area contributed by atoms with Crippen LogP contribution in [0.3, 0.4) is 0 Å². The van der Waals surface area contributed by atoms with Gasteiger partial charge in [0.05, 0.1) is 54.9 Å². The van der Waals surface area contributed by atoms with Crippen molar-refractivity contribution < 1.29 is 76.8 Å². The summed E-state index contributed by atoms with van der Waals surface area (Å²) < 4.78 is 51.2. The molecule has 43 heavy (non-hydrogen) atoms. The molecule has 240 valence electrons. The zero-order chi connectivity index (χ0) is 31.5. The number of ether oxygens (including phenoxy) is 10. The van der Waals surface area contributed by atoms with E-state index in [0.717, 1.165) is 19.8 Å². The second-order valence-electron chi connectivity index (χ2n) is 9.30. The van der Waals surface area contributed by atoms with Crippen LogP contribution < -0.4 is 0 Å². The third-order valence-electron chi connectivity index (χ3n) is 6.64. The van der Waals surface area contributed by atoms with Gasteiger partial charge in [0.1, 0.15) is 24.4 Å². The number of carbonyl (C=O) groups is 4. The molecule has 3 saturated heterocycles. The van der Waals surface area contributed by atoms with Crippen LogP contribution in [0, 0.1) is 11.8 Å². The van der Waals surface area contributed by atoms with Crippen molar-refractivity contribution in [3.05, 3.63) is 35.9 Å². The van der Waals surface area contributed by atoms with Gasteiger partial charge in [0.25, 0.3) is 0 Å². The topological polar surface area (TPSA) is 201 Å². The number of aliphatic hydroxyl groups excluding tert-OH is 2. The van der Waals surface area contributed by atoms with Crippen molar-refractivity contribution in [2.75, 3.05) is 54.9 Å². The van der Waals surface area contributed by atoms with Gasteiger partial charge in [-0.15, -0.1) is 0 Å². The predicted molar refractivity (Wildman–Crippen MR) is 137 cm³/mol. The second kappa shape index (κ2) is 16.6. The predicted octanol–water partition coefficient (Wildman–Crippen LogP) is -1.15. The molecule has 3 fully saturated rings. The molecule has 0 saturated carbocycles. The fraction of sp³-hybridized carbons (Fsp3) is 0.630. The molecule has 0 spiro atoms. The molecule has 3 aliphatic heterocycles. The highest BCUT2D eigenvalue weighted by molar-refractivity contribution is 5.95. The lowest BCUT2D eigenvalue weighted by molar-refractivity contribution is -0.345. The minimum atomic E-state index is -1.42. The van der Waals surface area contributed by atoms with E-state index in [1.54, 1.807) is 0 Å². The fourth-order valence-corrected chi connectivity index (χ4v) is 4.30. The lowest BCUT2D eigenvalue weighted by Gasteiger charge is -2.42. The molecule has 3 aliphatic rings. The van der Waals surface area contributed by atoms with Gasteiger partial charge in [0, 0.05) is 5.56 Å². The van der Waals surface area contributed by atoms with Crippen molar-refractivity contribution in [2.45, 2.75) is 43.3 Å². The van der Waals surface area contributed by atoms with E-state index in [1.807, 2.05) is 30.3 Å². The van der Waals surface area contributed by atoms with Crippen LogP contribution in [0.25, 0.3) is 0 Å². The van der Waals surface area contributed by atoms with Crippen molar-refractivity contribution in [3.63, 3.8) is 0 Å². The summed E-state index contributed by atoms with van der Waals surface area (Å²) in [7, 11) is 4.58. The van der Waals surface area contributed by atoms with Gasteiger partial charge in [0.2, 0.25) is 11.8 Å². The van der Waals surface area contributed by atoms with Crippen LogP contribution in [0.2, 0.25) is 0 Å². The Morgan fingerprint density at radius 2 is 1.19 bits per heavy atom. The van der Waals surface area contributed by atoms with Crippen LogP contribution in [-0.2, 0) is 66.5 Å². The molecule has 2 N–H and O–H groups in total. The van der Waals surface area contributed by atoms with Crippen LogP contribution in [0.5, 0.6) is 0 Å².